The lowest BCUT2D eigenvalue weighted by Crippen LogP contribution is -2.43. The number of likely N-dealkylation sites (tertiary alicyclic amines) is 1. The van der Waals surface area contributed by atoms with E-state index in [0.29, 0.717) is 38.1 Å². The van der Waals surface area contributed by atoms with Crippen LogP contribution >= 0.6 is 0 Å². The van der Waals surface area contributed by atoms with Crippen molar-refractivity contribution in [3.05, 3.63) is 65.7 Å². The lowest BCUT2D eigenvalue weighted by Gasteiger charge is -2.30. The number of hydrogen-bond acceptors (Lipinski definition) is 5. The van der Waals surface area contributed by atoms with Crippen molar-refractivity contribution in [2.75, 3.05) is 26.3 Å². The van der Waals surface area contributed by atoms with Gasteiger partial charge in [0.1, 0.15) is 5.75 Å². The van der Waals surface area contributed by atoms with Gasteiger partial charge < -0.3 is 20.1 Å². The Morgan fingerprint density at radius 1 is 0.933 bits per heavy atom. The number of rotatable bonds is 8. The van der Waals surface area contributed by atoms with Crippen molar-refractivity contribution in [3.8, 4) is 5.75 Å². The summed E-state index contributed by atoms with van der Waals surface area (Å²) < 4.78 is 10.7. The summed E-state index contributed by atoms with van der Waals surface area (Å²) in [4.78, 5) is 37.0. The van der Waals surface area contributed by atoms with Crippen LogP contribution in [0.4, 0.5) is 0 Å². The van der Waals surface area contributed by atoms with Crippen molar-refractivity contribution in [3.63, 3.8) is 0 Å². The van der Waals surface area contributed by atoms with E-state index in [4.69, 9.17) is 15.2 Å². The number of nitrogens with two attached hydrogens (primary N) is 1. The number of amides is 2. The van der Waals surface area contributed by atoms with Crippen molar-refractivity contribution < 1.29 is 23.9 Å². The molecule has 1 saturated heterocycles. The van der Waals surface area contributed by atoms with Crippen LogP contribution in [0.15, 0.2) is 54.6 Å². The minimum absolute atomic E-state index is 0.194. The number of primary amides is 1. The van der Waals surface area contributed by atoms with Crippen LogP contribution < -0.4 is 10.5 Å². The predicted molar refractivity (Wildman–Crippen MR) is 111 cm³/mol. The fraction of sp³-hybridized carbons (Fsp3) is 0.348. The van der Waals surface area contributed by atoms with Crippen LogP contribution in [0.1, 0.15) is 24.0 Å². The summed E-state index contributed by atoms with van der Waals surface area (Å²) >= 11 is 0. The number of esters is 1. The average molecular weight is 410 g/mol. The molecule has 1 aliphatic rings. The van der Waals surface area contributed by atoms with Gasteiger partial charge in [0.05, 0.1) is 0 Å². The summed E-state index contributed by atoms with van der Waals surface area (Å²) in [5, 5.41) is 0. The van der Waals surface area contributed by atoms with Gasteiger partial charge >= 0.3 is 5.97 Å². The molecule has 0 aromatic heterocycles. The molecule has 0 aliphatic carbocycles. The van der Waals surface area contributed by atoms with E-state index in [9.17, 15) is 14.4 Å². The molecule has 0 spiro atoms. The Hall–Kier alpha value is -3.35. The molecule has 1 aliphatic heterocycles. The van der Waals surface area contributed by atoms with Gasteiger partial charge in [-0.25, -0.2) is 4.79 Å². The molecule has 0 saturated carbocycles. The van der Waals surface area contributed by atoms with Gasteiger partial charge in [0.15, 0.2) is 13.2 Å². The first-order valence-electron chi connectivity index (χ1n) is 10.0. The summed E-state index contributed by atoms with van der Waals surface area (Å²) in [6.07, 6.45) is 1.76. The van der Waals surface area contributed by atoms with E-state index in [1.165, 1.54) is 0 Å². The van der Waals surface area contributed by atoms with Gasteiger partial charge in [-0.15, -0.1) is 0 Å². The second-order valence-electron chi connectivity index (χ2n) is 7.28. The molecule has 7 heteroatoms. The molecule has 2 amide bonds. The molecule has 158 valence electrons. The van der Waals surface area contributed by atoms with Gasteiger partial charge in [0.2, 0.25) is 5.91 Å². The van der Waals surface area contributed by atoms with Crippen LogP contribution in [0.25, 0.3) is 0 Å². The molecule has 0 radical (unpaired) electrons. The van der Waals surface area contributed by atoms with Crippen molar-refractivity contribution in [2.24, 2.45) is 11.7 Å². The molecular formula is C23H26N2O5. The van der Waals surface area contributed by atoms with Crippen LogP contribution in [0, 0.1) is 5.92 Å². The van der Waals surface area contributed by atoms with Crippen LogP contribution in [-0.4, -0.2) is 49.0 Å². The topological polar surface area (TPSA) is 98.9 Å². The van der Waals surface area contributed by atoms with E-state index in [0.717, 1.165) is 11.1 Å². The lowest BCUT2D eigenvalue weighted by molar-refractivity contribution is -0.154. The number of piperidine rings is 1. The fourth-order valence-electron chi connectivity index (χ4n) is 3.43. The van der Waals surface area contributed by atoms with Gasteiger partial charge in [0, 0.05) is 25.4 Å². The smallest absolute Gasteiger partial charge is 0.344 e. The molecule has 7 nitrogen and oxygen atoms in total. The van der Waals surface area contributed by atoms with E-state index in [1.54, 1.807) is 11.0 Å². The van der Waals surface area contributed by atoms with Gasteiger partial charge in [-0.2, -0.15) is 0 Å². The largest absolute Gasteiger partial charge is 0.482 e. The number of carbonyl (C=O) groups excluding carboxylic acids is 3. The molecular weight excluding hydrogens is 384 g/mol. The van der Waals surface area contributed by atoms with Crippen molar-refractivity contribution in [1.82, 2.24) is 4.90 Å². The predicted octanol–water partition coefficient (Wildman–Crippen LogP) is 1.92. The SMILES string of the molecule is NC(=O)C1CCN(C(=O)COC(=O)COc2ccccc2Cc2ccccc2)CC1. The summed E-state index contributed by atoms with van der Waals surface area (Å²) in [6.45, 7) is 0.263. The first kappa shape index (κ1) is 21.4. The third kappa shape index (κ3) is 6.07. The van der Waals surface area contributed by atoms with E-state index in [-0.39, 0.29) is 30.9 Å². The molecule has 0 bridgehead atoms. The van der Waals surface area contributed by atoms with Crippen molar-refractivity contribution >= 4 is 17.8 Å². The monoisotopic (exact) mass is 410 g/mol. The zero-order valence-corrected chi connectivity index (χ0v) is 16.8. The van der Waals surface area contributed by atoms with Crippen LogP contribution in [0.3, 0.4) is 0 Å². The zero-order valence-electron chi connectivity index (χ0n) is 16.8. The second kappa shape index (κ2) is 10.4. The number of hydrogen-bond donors (Lipinski definition) is 1. The first-order chi connectivity index (χ1) is 14.5. The van der Waals surface area contributed by atoms with E-state index < -0.39 is 5.97 Å². The van der Waals surface area contributed by atoms with Gasteiger partial charge in [-0.05, 0) is 30.0 Å². The molecule has 0 atom stereocenters. The number of carbonyl (C=O) groups is 3. The minimum Gasteiger partial charge on any atom is -0.482 e. The molecule has 1 heterocycles. The first-order valence-corrected chi connectivity index (χ1v) is 10.0. The molecule has 30 heavy (non-hydrogen) atoms. The highest BCUT2D eigenvalue weighted by molar-refractivity contribution is 5.82. The Morgan fingerprint density at radius 2 is 1.60 bits per heavy atom. The van der Waals surface area contributed by atoms with E-state index in [2.05, 4.69) is 0 Å². The summed E-state index contributed by atoms with van der Waals surface area (Å²) in [6, 6.07) is 17.5. The Kier molecular flexibility index (Phi) is 7.43. The standard InChI is InChI=1S/C23H26N2O5/c24-23(28)18-10-12-25(13-11-18)21(26)15-30-22(27)16-29-20-9-5-4-8-19(20)14-17-6-2-1-3-7-17/h1-9,18H,10-16H2,(H2,24,28). The second-order valence-corrected chi connectivity index (χ2v) is 7.28. The number of ether oxygens (including phenoxy) is 2. The highest BCUT2D eigenvalue weighted by Gasteiger charge is 2.26. The summed E-state index contributed by atoms with van der Waals surface area (Å²) in [7, 11) is 0. The lowest BCUT2D eigenvalue weighted by atomic mass is 9.96. The normalized spacial score (nSPS) is 14.2. The Balaban J connectivity index is 1.44. The van der Waals surface area contributed by atoms with E-state index >= 15 is 0 Å². The third-order valence-electron chi connectivity index (χ3n) is 5.16. The molecule has 1 fully saturated rings. The Morgan fingerprint density at radius 3 is 2.30 bits per heavy atom. The molecule has 3 rings (SSSR count). The van der Waals surface area contributed by atoms with Gasteiger partial charge in [-0.1, -0.05) is 48.5 Å². The van der Waals surface area contributed by atoms with E-state index in [1.807, 2.05) is 48.5 Å². The highest BCUT2D eigenvalue weighted by atomic mass is 16.6. The van der Waals surface area contributed by atoms with Gasteiger partial charge in [-0.3, -0.25) is 9.59 Å². The molecule has 2 aromatic rings. The number of nitrogens with zero attached hydrogens (tertiary/aromatic N) is 1. The van der Waals surface area contributed by atoms with Crippen molar-refractivity contribution in [2.45, 2.75) is 19.3 Å². The maximum absolute atomic E-state index is 12.2. The zero-order chi connectivity index (χ0) is 21.3. The fourth-order valence-corrected chi connectivity index (χ4v) is 3.43. The van der Waals surface area contributed by atoms with Crippen molar-refractivity contribution in [1.29, 1.82) is 0 Å². The number of para-hydroxylation sites is 1. The van der Waals surface area contributed by atoms with Crippen LogP contribution in [-0.2, 0) is 25.5 Å². The minimum atomic E-state index is -0.607. The molecule has 0 unspecified atom stereocenters. The van der Waals surface area contributed by atoms with Gasteiger partial charge in [0.25, 0.3) is 5.91 Å². The maximum atomic E-state index is 12.2. The summed E-state index contributed by atoms with van der Waals surface area (Å²) in [5.74, 6) is -0.807. The molecule has 2 aromatic carbocycles. The Bertz CT molecular complexity index is 876. The number of benzene rings is 2. The Labute approximate surface area is 175 Å². The van der Waals surface area contributed by atoms with Crippen LogP contribution in [0.5, 0.6) is 5.75 Å². The summed E-state index contributed by atoms with van der Waals surface area (Å²) in [5.41, 5.74) is 7.40. The maximum Gasteiger partial charge on any atom is 0.344 e. The average Bonchev–Trinajstić information content (AvgIpc) is 2.77. The molecule has 2 N–H and O–H groups in total. The highest BCUT2D eigenvalue weighted by Crippen LogP contribution is 2.21. The quantitative estimate of drug-likeness (QED) is 0.671. The van der Waals surface area contributed by atoms with Crippen LogP contribution in [0.2, 0.25) is 0 Å². The third-order valence-corrected chi connectivity index (χ3v) is 5.16.